The molecule has 43 heavy (non-hydrogen) atoms. The zero-order valence-corrected chi connectivity index (χ0v) is 24.2. The van der Waals surface area contributed by atoms with Crippen LogP contribution in [0.15, 0.2) is 163 Å². The summed E-state index contributed by atoms with van der Waals surface area (Å²) >= 11 is 1.66. The molecule has 0 bridgehead atoms. The molecule has 5 aromatic carbocycles. The predicted molar refractivity (Wildman–Crippen MR) is 178 cm³/mol. The fourth-order valence-electron chi connectivity index (χ4n) is 6.53. The first-order valence-electron chi connectivity index (χ1n) is 14.4. The normalized spacial score (nSPS) is 11.7. The third kappa shape index (κ3) is 4.10. The number of hydrogen-bond donors (Lipinski definition) is 0. The van der Waals surface area contributed by atoms with Gasteiger partial charge in [0.2, 0.25) is 0 Å². The van der Waals surface area contributed by atoms with Crippen LogP contribution in [0.25, 0.3) is 38.1 Å². The van der Waals surface area contributed by atoms with Crippen LogP contribution in [-0.4, -0.2) is 14.5 Å². The second-order valence-corrected chi connectivity index (χ2v) is 11.6. The van der Waals surface area contributed by atoms with Gasteiger partial charge in [0.15, 0.2) is 0 Å². The summed E-state index contributed by atoms with van der Waals surface area (Å²) in [5.74, 6) is 0. The smallest absolute Gasteiger partial charge is 0.123 e. The summed E-state index contributed by atoms with van der Waals surface area (Å²) in [7, 11) is 0. The van der Waals surface area contributed by atoms with E-state index in [0.717, 1.165) is 33.0 Å². The number of para-hydroxylation sites is 1. The summed E-state index contributed by atoms with van der Waals surface area (Å²) in [4.78, 5) is 9.60. The SMILES string of the molecule is c1ccc(C(c2ccccc2)(c2cccc(-n3c4ccccc4c4ccc(-c5nccs5)cc43)c2)c2ccccn2)cc1. The molecule has 8 rings (SSSR count). The van der Waals surface area contributed by atoms with Crippen LogP contribution >= 0.6 is 11.3 Å². The second kappa shape index (κ2) is 10.5. The molecular weight excluding hydrogens is 543 g/mol. The van der Waals surface area contributed by atoms with Crippen molar-refractivity contribution < 1.29 is 0 Å². The maximum Gasteiger partial charge on any atom is 0.123 e. The number of pyridine rings is 1. The summed E-state index contributed by atoms with van der Waals surface area (Å²) < 4.78 is 2.39. The van der Waals surface area contributed by atoms with Crippen molar-refractivity contribution in [3.63, 3.8) is 0 Å². The van der Waals surface area contributed by atoms with Crippen molar-refractivity contribution in [3.8, 4) is 16.3 Å². The molecule has 0 spiro atoms. The fraction of sp³-hybridized carbons (Fsp3) is 0.0256. The maximum atomic E-state index is 5.00. The molecule has 3 aromatic heterocycles. The number of nitrogens with zero attached hydrogens (tertiary/aromatic N) is 3. The highest BCUT2D eigenvalue weighted by atomic mass is 32.1. The Hall–Kier alpha value is -5.32. The van der Waals surface area contributed by atoms with Crippen molar-refractivity contribution in [2.24, 2.45) is 0 Å². The molecule has 0 saturated carbocycles. The molecule has 0 aliphatic rings. The molecule has 0 fully saturated rings. The zero-order valence-electron chi connectivity index (χ0n) is 23.3. The highest BCUT2D eigenvalue weighted by molar-refractivity contribution is 7.13. The summed E-state index contributed by atoms with van der Waals surface area (Å²) in [6.45, 7) is 0. The quantitative estimate of drug-likeness (QED) is 0.187. The Morgan fingerprint density at radius 1 is 0.512 bits per heavy atom. The third-order valence-corrected chi connectivity index (χ3v) is 9.18. The summed E-state index contributed by atoms with van der Waals surface area (Å²) in [6, 6.07) is 52.1. The van der Waals surface area contributed by atoms with E-state index in [-0.39, 0.29) is 0 Å². The van der Waals surface area contributed by atoms with Gasteiger partial charge in [-0.3, -0.25) is 4.98 Å². The Bertz CT molecular complexity index is 2070. The van der Waals surface area contributed by atoms with E-state index in [1.54, 1.807) is 11.3 Å². The van der Waals surface area contributed by atoms with E-state index in [9.17, 15) is 0 Å². The Morgan fingerprint density at radius 2 is 1.21 bits per heavy atom. The van der Waals surface area contributed by atoms with E-state index < -0.39 is 5.41 Å². The van der Waals surface area contributed by atoms with Crippen LogP contribution in [0, 0.1) is 0 Å². The molecule has 0 N–H and O–H groups in total. The van der Waals surface area contributed by atoms with Crippen LogP contribution in [0.1, 0.15) is 22.4 Å². The predicted octanol–water partition coefficient (Wildman–Crippen LogP) is 9.68. The monoisotopic (exact) mass is 569 g/mol. The number of benzene rings is 5. The lowest BCUT2D eigenvalue weighted by Gasteiger charge is -2.36. The first-order chi connectivity index (χ1) is 21.3. The molecule has 3 heterocycles. The minimum Gasteiger partial charge on any atom is -0.309 e. The highest BCUT2D eigenvalue weighted by Crippen LogP contribution is 2.45. The number of rotatable bonds is 6. The van der Waals surface area contributed by atoms with Crippen molar-refractivity contribution in [2.45, 2.75) is 5.41 Å². The maximum absolute atomic E-state index is 5.00. The average molecular weight is 570 g/mol. The van der Waals surface area contributed by atoms with E-state index in [1.807, 2.05) is 23.8 Å². The Balaban J connectivity index is 1.44. The molecule has 8 aromatic rings. The molecule has 0 radical (unpaired) electrons. The molecule has 3 nitrogen and oxygen atoms in total. The summed E-state index contributed by atoms with van der Waals surface area (Å²) in [6.07, 6.45) is 3.76. The molecule has 0 amide bonds. The van der Waals surface area contributed by atoms with Gasteiger partial charge < -0.3 is 4.57 Å². The molecule has 0 aliphatic carbocycles. The van der Waals surface area contributed by atoms with E-state index in [2.05, 4.69) is 149 Å². The topological polar surface area (TPSA) is 30.7 Å². The van der Waals surface area contributed by atoms with Gasteiger partial charge >= 0.3 is 0 Å². The van der Waals surface area contributed by atoms with Crippen LogP contribution < -0.4 is 0 Å². The number of thiazole rings is 1. The standard InChI is InChI=1S/C39H27N3S/c1-3-12-29(13-4-1)39(30-14-5-2-6-15-30,37-20-9-10-23-40-37)31-16-11-17-32(27-31)42-35-19-8-7-18-33(35)34-22-21-28(26-36(34)42)38-41-24-25-43-38/h1-27H. The van der Waals surface area contributed by atoms with Crippen molar-refractivity contribution in [3.05, 3.63) is 186 Å². The van der Waals surface area contributed by atoms with Gasteiger partial charge in [0.1, 0.15) is 5.01 Å². The second-order valence-electron chi connectivity index (χ2n) is 10.7. The minimum atomic E-state index is -0.620. The van der Waals surface area contributed by atoms with Gasteiger partial charge in [-0.1, -0.05) is 109 Å². The van der Waals surface area contributed by atoms with Crippen molar-refractivity contribution in [1.29, 1.82) is 0 Å². The Labute approximate surface area is 254 Å². The van der Waals surface area contributed by atoms with Crippen molar-refractivity contribution in [2.75, 3.05) is 0 Å². The fourth-order valence-corrected chi connectivity index (χ4v) is 7.17. The van der Waals surface area contributed by atoms with Gasteiger partial charge in [0, 0.05) is 39.8 Å². The van der Waals surface area contributed by atoms with Crippen LogP contribution in [0.4, 0.5) is 0 Å². The Morgan fingerprint density at radius 3 is 1.93 bits per heavy atom. The summed E-state index contributed by atoms with van der Waals surface area (Å²) in [5, 5.41) is 5.51. The van der Waals surface area contributed by atoms with E-state index in [0.29, 0.717) is 0 Å². The lowest BCUT2D eigenvalue weighted by atomic mass is 9.67. The van der Waals surface area contributed by atoms with Gasteiger partial charge in [0.05, 0.1) is 22.1 Å². The lowest BCUT2D eigenvalue weighted by molar-refractivity contribution is 0.713. The van der Waals surface area contributed by atoms with Crippen LogP contribution in [0.3, 0.4) is 0 Å². The molecule has 204 valence electrons. The molecule has 0 saturated heterocycles. The van der Waals surface area contributed by atoms with Gasteiger partial charge in [-0.05, 0) is 53.1 Å². The molecule has 0 atom stereocenters. The third-order valence-electron chi connectivity index (χ3n) is 8.35. The van der Waals surface area contributed by atoms with Gasteiger partial charge in [0.25, 0.3) is 0 Å². The zero-order chi connectivity index (χ0) is 28.6. The largest absolute Gasteiger partial charge is 0.309 e. The van der Waals surface area contributed by atoms with E-state index in [1.165, 1.54) is 27.4 Å². The average Bonchev–Trinajstić information content (AvgIpc) is 3.74. The minimum absolute atomic E-state index is 0.620. The summed E-state index contributed by atoms with van der Waals surface area (Å²) in [5.41, 5.74) is 8.43. The number of fused-ring (bicyclic) bond motifs is 3. The van der Waals surface area contributed by atoms with Gasteiger partial charge in [-0.25, -0.2) is 4.98 Å². The van der Waals surface area contributed by atoms with Crippen molar-refractivity contribution >= 4 is 33.1 Å². The van der Waals surface area contributed by atoms with Crippen LogP contribution in [0.5, 0.6) is 0 Å². The van der Waals surface area contributed by atoms with E-state index >= 15 is 0 Å². The van der Waals surface area contributed by atoms with E-state index in [4.69, 9.17) is 4.98 Å². The molecular formula is C39H27N3S. The van der Waals surface area contributed by atoms with Crippen LogP contribution in [-0.2, 0) is 5.41 Å². The molecule has 0 unspecified atom stereocenters. The van der Waals surface area contributed by atoms with Crippen LogP contribution in [0.2, 0.25) is 0 Å². The number of aromatic nitrogens is 3. The first-order valence-corrected chi connectivity index (χ1v) is 15.3. The number of hydrogen-bond acceptors (Lipinski definition) is 3. The Kier molecular flexibility index (Phi) is 6.20. The highest BCUT2D eigenvalue weighted by Gasteiger charge is 2.39. The van der Waals surface area contributed by atoms with Gasteiger partial charge in [-0.15, -0.1) is 11.3 Å². The molecule has 0 aliphatic heterocycles. The van der Waals surface area contributed by atoms with Crippen molar-refractivity contribution in [1.82, 2.24) is 14.5 Å². The first kappa shape index (κ1) is 25.4. The molecule has 4 heteroatoms. The lowest BCUT2D eigenvalue weighted by Crippen LogP contribution is -2.32. The van der Waals surface area contributed by atoms with Gasteiger partial charge in [-0.2, -0.15) is 0 Å².